The van der Waals surface area contributed by atoms with E-state index in [9.17, 15) is 4.79 Å². The number of aryl methyl sites for hydroxylation is 1. The first-order chi connectivity index (χ1) is 20.5. The van der Waals surface area contributed by atoms with Crippen LogP contribution in [-0.4, -0.2) is 48.9 Å². The molecule has 8 nitrogen and oxygen atoms in total. The highest BCUT2D eigenvalue weighted by Gasteiger charge is 2.17. The Kier molecular flexibility index (Phi) is 7.83. The van der Waals surface area contributed by atoms with E-state index in [1.165, 1.54) is 5.56 Å². The van der Waals surface area contributed by atoms with Crippen molar-refractivity contribution in [3.8, 4) is 22.5 Å². The second-order valence-corrected chi connectivity index (χ2v) is 11.1. The SMILES string of the molecule is CSc1nc2c(C)cc(C(=O)NC[C@H](C)c3ccccc3)cc2n1Cc1ccc(-c2ccccc2-c2nn[nH]n2)cc1. The van der Waals surface area contributed by atoms with E-state index in [-0.39, 0.29) is 11.8 Å². The van der Waals surface area contributed by atoms with Crippen molar-refractivity contribution in [2.75, 3.05) is 12.8 Å². The highest BCUT2D eigenvalue weighted by atomic mass is 32.2. The summed E-state index contributed by atoms with van der Waals surface area (Å²) in [6.45, 7) is 5.34. The summed E-state index contributed by atoms with van der Waals surface area (Å²) in [5, 5.41) is 18.6. The summed E-state index contributed by atoms with van der Waals surface area (Å²) in [6, 6.07) is 30.7. The van der Waals surface area contributed by atoms with Crippen molar-refractivity contribution in [3.63, 3.8) is 0 Å². The van der Waals surface area contributed by atoms with E-state index in [2.05, 4.69) is 79.9 Å². The summed E-state index contributed by atoms with van der Waals surface area (Å²) in [7, 11) is 0. The molecule has 0 saturated heterocycles. The first-order valence-corrected chi connectivity index (χ1v) is 15.0. The van der Waals surface area contributed by atoms with Crippen LogP contribution >= 0.6 is 11.8 Å². The predicted octanol–water partition coefficient (Wildman–Crippen LogP) is 6.50. The third-order valence-corrected chi connectivity index (χ3v) is 8.19. The van der Waals surface area contributed by atoms with Crippen LogP contribution in [0.1, 0.15) is 39.9 Å². The summed E-state index contributed by atoms with van der Waals surface area (Å²) >= 11 is 1.60. The van der Waals surface area contributed by atoms with Gasteiger partial charge in [0.15, 0.2) is 5.16 Å². The number of carbonyl (C=O) groups is 1. The van der Waals surface area contributed by atoms with Crippen LogP contribution in [0.4, 0.5) is 0 Å². The number of tetrazole rings is 1. The van der Waals surface area contributed by atoms with E-state index in [1.54, 1.807) is 11.8 Å². The maximum Gasteiger partial charge on any atom is 0.251 e. The fourth-order valence-corrected chi connectivity index (χ4v) is 5.80. The van der Waals surface area contributed by atoms with Gasteiger partial charge in [0.25, 0.3) is 5.91 Å². The molecule has 210 valence electrons. The number of rotatable bonds is 9. The number of hydrogen-bond acceptors (Lipinski definition) is 6. The molecule has 0 fully saturated rings. The zero-order chi connectivity index (χ0) is 29.1. The van der Waals surface area contributed by atoms with Gasteiger partial charge >= 0.3 is 0 Å². The number of aromatic amines is 1. The fourth-order valence-electron chi connectivity index (χ4n) is 5.24. The molecular formula is C33H31N7OS. The lowest BCUT2D eigenvalue weighted by Gasteiger charge is -2.14. The van der Waals surface area contributed by atoms with E-state index in [1.807, 2.05) is 61.7 Å². The molecule has 0 bridgehead atoms. The first-order valence-electron chi connectivity index (χ1n) is 13.8. The van der Waals surface area contributed by atoms with Crippen molar-refractivity contribution >= 4 is 28.7 Å². The van der Waals surface area contributed by atoms with Crippen LogP contribution in [0.25, 0.3) is 33.5 Å². The summed E-state index contributed by atoms with van der Waals surface area (Å²) in [5.41, 5.74) is 8.86. The Balaban J connectivity index is 1.26. The lowest BCUT2D eigenvalue weighted by Crippen LogP contribution is -2.27. The van der Waals surface area contributed by atoms with Gasteiger partial charge in [0.05, 0.1) is 17.6 Å². The highest BCUT2D eigenvalue weighted by Crippen LogP contribution is 2.31. The largest absolute Gasteiger partial charge is 0.351 e. The molecule has 2 N–H and O–H groups in total. The zero-order valence-electron chi connectivity index (χ0n) is 23.7. The average molecular weight is 574 g/mol. The van der Waals surface area contributed by atoms with Gasteiger partial charge in [-0.15, -0.1) is 10.2 Å². The van der Waals surface area contributed by atoms with Crippen LogP contribution in [0.5, 0.6) is 0 Å². The molecule has 0 unspecified atom stereocenters. The predicted molar refractivity (Wildman–Crippen MR) is 168 cm³/mol. The number of fused-ring (bicyclic) bond motifs is 1. The van der Waals surface area contributed by atoms with E-state index < -0.39 is 0 Å². The van der Waals surface area contributed by atoms with Crippen molar-refractivity contribution in [3.05, 3.63) is 113 Å². The van der Waals surface area contributed by atoms with Gasteiger partial charge in [-0.2, -0.15) is 5.21 Å². The zero-order valence-corrected chi connectivity index (χ0v) is 24.5. The summed E-state index contributed by atoms with van der Waals surface area (Å²) in [6.07, 6.45) is 2.03. The third kappa shape index (κ3) is 5.56. The Morgan fingerprint density at radius 1 is 0.976 bits per heavy atom. The Bertz CT molecular complexity index is 1830. The van der Waals surface area contributed by atoms with Crippen molar-refractivity contribution in [1.29, 1.82) is 0 Å². The second-order valence-electron chi connectivity index (χ2n) is 10.3. The van der Waals surface area contributed by atoms with Crippen LogP contribution in [-0.2, 0) is 6.54 Å². The monoisotopic (exact) mass is 573 g/mol. The van der Waals surface area contributed by atoms with Crippen LogP contribution in [0, 0.1) is 6.92 Å². The molecule has 0 aliphatic rings. The molecule has 42 heavy (non-hydrogen) atoms. The standard InChI is InChI=1S/C33H31N7OS/c1-21-17-26(32(41)34-19-22(2)24-9-5-4-6-10-24)18-29-30(21)35-33(42-3)40(29)20-23-13-15-25(16-14-23)27-11-7-8-12-28(27)31-36-38-39-37-31/h4-18,22H,19-20H2,1-3H3,(H,34,41)(H,36,37,38,39)/t22-/m0/s1. The Labute approximate surface area is 248 Å². The molecule has 6 aromatic rings. The number of H-pyrrole nitrogens is 1. The third-order valence-electron chi connectivity index (χ3n) is 7.51. The summed E-state index contributed by atoms with van der Waals surface area (Å²) in [4.78, 5) is 18.2. The van der Waals surface area contributed by atoms with E-state index >= 15 is 0 Å². The Hall–Kier alpha value is -4.76. The number of nitrogens with zero attached hydrogens (tertiary/aromatic N) is 5. The van der Waals surface area contributed by atoms with Gasteiger partial charge in [0.2, 0.25) is 5.82 Å². The van der Waals surface area contributed by atoms with Gasteiger partial charge in [-0.25, -0.2) is 4.98 Å². The lowest BCUT2D eigenvalue weighted by atomic mass is 9.98. The topological polar surface area (TPSA) is 101 Å². The summed E-state index contributed by atoms with van der Waals surface area (Å²) < 4.78 is 2.19. The smallest absolute Gasteiger partial charge is 0.251 e. The second kappa shape index (κ2) is 12.0. The number of imidazole rings is 1. The van der Waals surface area contributed by atoms with Gasteiger partial charge in [-0.1, -0.05) is 97.5 Å². The molecule has 0 radical (unpaired) electrons. The molecule has 0 spiro atoms. The Morgan fingerprint density at radius 2 is 1.71 bits per heavy atom. The number of benzene rings is 4. The maximum absolute atomic E-state index is 13.2. The van der Waals surface area contributed by atoms with Gasteiger partial charge in [0, 0.05) is 17.7 Å². The van der Waals surface area contributed by atoms with Crippen molar-refractivity contribution < 1.29 is 4.79 Å². The van der Waals surface area contributed by atoms with Crippen molar-refractivity contribution in [1.82, 2.24) is 35.5 Å². The Morgan fingerprint density at radius 3 is 2.43 bits per heavy atom. The van der Waals surface area contributed by atoms with Crippen LogP contribution in [0.15, 0.2) is 96.2 Å². The van der Waals surface area contributed by atoms with E-state index in [0.717, 1.165) is 44.0 Å². The number of amides is 1. The quantitative estimate of drug-likeness (QED) is 0.192. The van der Waals surface area contributed by atoms with Gasteiger partial charge in [-0.3, -0.25) is 4.79 Å². The number of hydrogen-bond donors (Lipinski definition) is 2. The number of aromatic nitrogens is 6. The van der Waals surface area contributed by atoms with Crippen LogP contribution < -0.4 is 5.32 Å². The van der Waals surface area contributed by atoms with E-state index in [4.69, 9.17) is 4.98 Å². The van der Waals surface area contributed by atoms with Gasteiger partial charge < -0.3 is 9.88 Å². The minimum absolute atomic E-state index is 0.0779. The molecule has 2 heterocycles. The number of carbonyl (C=O) groups excluding carboxylic acids is 1. The molecule has 4 aromatic carbocycles. The molecule has 2 aromatic heterocycles. The molecule has 9 heteroatoms. The summed E-state index contributed by atoms with van der Waals surface area (Å²) in [5.74, 6) is 0.704. The number of nitrogens with one attached hydrogen (secondary N) is 2. The molecule has 1 amide bonds. The molecule has 6 rings (SSSR count). The maximum atomic E-state index is 13.2. The normalized spacial score (nSPS) is 12.0. The van der Waals surface area contributed by atoms with Crippen LogP contribution in [0.3, 0.4) is 0 Å². The molecular weight excluding hydrogens is 542 g/mol. The average Bonchev–Trinajstić information content (AvgIpc) is 3.69. The molecule has 1 atom stereocenters. The lowest BCUT2D eigenvalue weighted by molar-refractivity contribution is 0.0951. The van der Waals surface area contributed by atoms with Crippen molar-refractivity contribution in [2.45, 2.75) is 31.5 Å². The molecule has 0 saturated carbocycles. The molecule has 0 aliphatic heterocycles. The van der Waals surface area contributed by atoms with E-state index in [0.29, 0.717) is 24.5 Å². The van der Waals surface area contributed by atoms with Crippen LogP contribution in [0.2, 0.25) is 0 Å². The minimum Gasteiger partial charge on any atom is -0.351 e. The number of thioether (sulfide) groups is 1. The fraction of sp³-hybridized carbons (Fsp3) is 0.182. The first kappa shape index (κ1) is 27.4. The minimum atomic E-state index is -0.0779. The highest BCUT2D eigenvalue weighted by molar-refractivity contribution is 7.98. The van der Waals surface area contributed by atoms with Gasteiger partial charge in [-0.05, 0) is 64.3 Å². The molecule has 0 aliphatic carbocycles. The van der Waals surface area contributed by atoms with Crippen molar-refractivity contribution in [2.24, 2.45) is 0 Å². The van der Waals surface area contributed by atoms with Gasteiger partial charge in [0.1, 0.15) is 0 Å².